The average Bonchev–Trinajstić information content (AvgIpc) is 3.55. The molecule has 10 unspecified atom stereocenters. The molecule has 6 aliphatic carbocycles. The molecular formula is C29H42O2. The number of allylic oxidation sites excluding steroid dienone is 2. The van der Waals surface area contributed by atoms with Gasteiger partial charge in [0.15, 0.2) is 0 Å². The molecule has 6 aliphatic rings. The molecule has 170 valence electrons. The van der Waals surface area contributed by atoms with Crippen molar-refractivity contribution in [3.8, 4) is 0 Å². The van der Waals surface area contributed by atoms with Gasteiger partial charge in [0.25, 0.3) is 0 Å². The van der Waals surface area contributed by atoms with Crippen LogP contribution in [0.4, 0.5) is 0 Å². The van der Waals surface area contributed by atoms with Crippen LogP contribution >= 0.6 is 0 Å². The third kappa shape index (κ3) is 3.83. The molecule has 0 aliphatic heterocycles. The van der Waals surface area contributed by atoms with Crippen molar-refractivity contribution in [3.63, 3.8) is 0 Å². The van der Waals surface area contributed by atoms with Crippen molar-refractivity contribution in [2.24, 2.45) is 47.3 Å². The van der Waals surface area contributed by atoms with Crippen LogP contribution in [0.1, 0.15) is 71.1 Å². The summed E-state index contributed by atoms with van der Waals surface area (Å²) in [4.78, 5) is 0. The van der Waals surface area contributed by atoms with Crippen LogP contribution in [0.15, 0.2) is 49.5 Å². The zero-order chi connectivity index (χ0) is 21.7. The zero-order valence-electron chi connectivity index (χ0n) is 19.6. The third-order valence-electron chi connectivity index (χ3n) is 10.0. The Labute approximate surface area is 189 Å². The molecular weight excluding hydrogens is 380 g/mol. The smallest absolute Gasteiger partial charge is 0.114 e. The van der Waals surface area contributed by atoms with Gasteiger partial charge in [0, 0.05) is 0 Å². The minimum atomic E-state index is 0.452. The summed E-state index contributed by atoms with van der Waals surface area (Å²) < 4.78 is 11.9. The molecule has 2 heteroatoms. The van der Waals surface area contributed by atoms with Gasteiger partial charge in [0.05, 0.1) is 0 Å². The fraction of sp³-hybridized carbons (Fsp3) is 0.724. The second-order valence-electron chi connectivity index (χ2n) is 11.5. The molecule has 6 rings (SSSR count). The maximum absolute atomic E-state index is 6.02. The molecule has 0 saturated heterocycles. The zero-order valence-corrected chi connectivity index (χ0v) is 19.6. The molecule has 6 saturated carbocycles. The van der Waals surface area contributed by atoms with Gasteiger partial charge < -0.3 is 9.47 Å². The lowest BCUT2D eigenvalue weighted by Crippen LogP contribution is -2.30. The normalized spacial score (nSPS) is 45.5. The van der Waals surface area contributed by atoms with E-state index in [1.54, 1.807) is 6.08 Å². The molecule has 31 heavy (non-hydrogen) atoms. The third-order valence-corrected chi connectivity index (χ3v) is 10.0. The van der Waals surface area contributed by atoms with Gasteiger partial charge in [-0.3, -0.25) is 0 Å². The SMILES string of the molecule is C=C(C)C(=C)OC1CC2CC1C1CCCC21.C=CC(=C)OC1CC2CC1C1CCCC21. The van der Waals surface area contributed by atoms with Crippen LogP contribution in [0.25, 0.3) is 0 Å². The molecule has 0 N–H and O–H groups in total. The molecule has 0 radical (unpaired) electrons. The highest BCUT2D eigenvalue weighted by Crippen LogP contribution is 2.60. The van der Waals surface area contributed by atoms with Crippen molar-refractivity contribution < 1.29 is 9.47 Å². The number of rotatable bonds is 6. The van der Waals surface area contributed by atoms with E-state index in [1.807, 2.05) is 6.92 Å². The molecule has 0 amide bonds. The second-order valence-corrected chi connectivity index (χ2v) is 11.5. The van der Waals surface area contributed by atoms with E-state index in [9.17, 15) is 0 Å². The molecule has 2 nitrogen and oxygen atoms in total. The summed E-state index contributed by atoms with van der Waals surface area (Å²) in [5.41, 5.74) is 0.978. The Kier molecular flexibility index (Phi) is 5.86. The average molecular weight is 423 g/mol. The first-order valence-electron chi connectivity index (χ1n) is 13.0. The molecule has 10 atom stereocenters. The predicted molar refractivity (Wildman–Crippen MR) is 127 cm³/mol. The van der Waals surface area contributed by atoms with E-state index in [0.717, 1.165) is 64.4 Å². The Morgan fingerprint density at radius 3 is 1.65 bits per heavy atom. The molecule has 0 aromatic rings. The Bertz CT molecular complexity index is 750. The van der Waals surface area contributed by atoms with Crippen molar-refractivity contribution in [1.82, 2.24) is 0 Å². The lowest BCUT2D eigenvalue weighted by atomic mass is 9.80. The highest BCUT2D eigenvalue weighted by atomic mass is 16.5. The molecule has 0 heterocycles. The van der Waals surface area contributed by atoms with Crippen molar-refractivity contribution in [3.05, 3.63) is 49.5 Å². The van der Waals surface area contributed by atoms with Gasteiger partial charge in [-0.2, -0.15) is 0 Å². The number of fused-ring (bicyclic) bond motifs is 10. The number of hydrogen-bond donors (Lipinski definition) is 0. The minimum Gasteiger partial charge on any atom is -0.491 e. The summed E-state index contributed by atoms with van der Waals surface area (Å²) in [5, 5.41) is 0. The Morgan fingerprint density at radius 1 is 0.677 bits per heavy atom. The Hall–Kier alpha value is -1.44. The van der Waals surface area contributed by atoms with E-state index in [2.05, 4.69) is 26.3 Å². The number of ether oxygens (including phenoxy) is 2. The molecule has 0 spiro atoms. The summed E-state index contributed by atoms with van der Waals surface area (Å²) in [7, 11) is 0. The summed E-state index contributed by atoms with van der Waals surface area (Å²) in [6, 6.07) is 0. The largest absolute Gasteiger partial charge is 0.491 e. The lowest BCUT2D eigenvalue weighted by molar-refractivity contribution is 0.0360. The van der Waals surface area contributed by atoms with Crippen LogP contribution in [-0.4, -0.2) is 12.2 Å². The summed E-state index contributed by atoms with van der Waals surface area (Å²) in [5.74, 6) is 9.20. The van der Waals surface area contributed by atoms with Crippen molar-refractivity contribution >= 4 is 0 Å². The monoisotopic (exact) mass is 422 g/mol. The Morgan fingerprint density at radius 2 is 1.16 bits per heavy atom. The minimum absolute atomic E-state index is 0.452. The lowest BCUT2D eigenvalue weighted by Gasteiger charge is -2.32. The molecule has 4 bridgehead atoms. The van der Waals surface area contributed by atoms with Crippen LogP contribution in [0.5, 0.6) is 0 Å². The topological polar surface area (TPSA) is 18.5 Å². The first kappa shape index (κ1) is 21.4. The molecule has 0 aromatic carbocycles. The summed E-state index contributed by atoms with van der Waals surface area (Å²) >= 11 is 0. The van der Waals surface area contributed by atoms with Crippen molar-refractivity contribution in [2.45, 2.75) is 83.3 Å². The van der Waals surface area contributed by atoms with Crippen LogP contribution in [0, 0.1) is 47.3 Å². The van der Waals surface area contributed by atoms with Gasteiger partial charge in [-0.15, -0.1) is 0 Å². The van der Waals surface area contributed by atoms with Gasteiger partial charge >= 0.3 is 0 Å². The van der Waals surface area contributed by atoms with E-state index in [4.69, 9.17) is 9.47 Å². The van der Waals surface area contributed by atoms with Crippen molar-refractivity contribution in [1.29, 1.82) is 0 Å². The van der Waals surface area contributed by atoms with Gasteiger partial charge in [-0.25, -0.2) is 0 Å². The van der Waals surface area contributed by atoms with Gasteiger partial charge in [-0.1, -0.05) is 39.2 Å². The quantitative estimate of drug-likeness (QED) is 0.327. The fourth-order valence-corrected chi connectivity index (χ4v) is 8.81. The van der Waals surface area contributed by atoms with Crippen LogP contribution < -0.4 is 0 Å². The highest BCUT2D eigenvalue weighted by molar-refractivity contribution is 5.17. The standard InChI is InChI=1S/C15H22O.C14H20O/c1-9(2)10(3)16-15-8-11-7-14(15)13-6-4-5-12(11)13;1-3-9(2)15-14-8-10-7-13(14)12-6-4-5-11(10)12/h11-15H,1,3-8H2,2H3;3,10-14H,1-2,4-8H2. The maximum Gasteiger partial charge on any atom is 0.114 e. The van der Waals surface area contributed by atoms with E-state index >= 15 is 0 Å². The highest BCUT2D eigenvalue weighted by Gasteiger charge is 2.55. The van der Waals surface area contributed by atoms with E-state index in [-0.39, 0.29) is 0 Å². The van der Waals surface area contributed by atoms with Gasteiger partial charge in [0.2, 0.25) is 0 Å². The summed E-state index contributed by atoms with van der Waals surface area (Å²) in [6.45, 7) is 17.4. The van der Waals surface area contributed by atoms with Crippen molar-refractivity contribution in [2.75, 3.05) is 0 Å². The number of hydrogen-bond acceptors (Lipinski definition) is 2. The van der Waals surface area contributed by atoms with Crippen LogP contribution in [-0.2, 0) is 9.47 Å². The van der Waals surface area contributed by atoms with E-state index < -0.39 is 0 Å². The first-order valence-corrected chi connectivity index (χ1v) is 13.0. The Balaban J connectivity index is 0.000000132. The first-order chi connectivity index (χ1) is 15.0. The maximum atomic E-state index is 6.02. The molecule has 6 fully saturated rings. The summed E-state index contributed by atoms with van der Waals surface area (Å²) in [6.07, 6.45) is 16.8. The van der Waals surface area contributed by atoms with E-state index in [0.29, 0.717) is 12.2 Å². The van der Waals surface area contributed by atoms with Gasteiger partial charge in [0.1, 0.15) is 23.7 Å². The predicted octanol–water partition coefficient (Wildman–Crippen LogP) is 7.44. The van der Waals surface area contributed by atoms with E-state index in [1.165, 1.54) is 64.2 Å². The fourth-order valence-electron chi connectivity index (χ4n) is 8.81. The second kappa shape index (κ2) is 8.49. The van der Waals surface area contributed by atoms with Crippen LogP contribution in [0.3, 0.4) is 0 Å². The van der Waals surface area contributed by atoms with Crippen LogP contribution in [0.2, 0.25) is 0 Å². The van der Waals surface area contributed by atoms with Gasteiger partial charge in [-0.05, 0) is 117 Å². The molecule has 0 aromatic heterocycles.